The molecule has 0 unspecified atom stereocenters. The Morgan fingerprint density at radius 1 is 0.564 bits per heavy atom. The molecule has 6 nitrogen and oxygen atoms in total. The van der Waals surface area contributed by atoms with Crippen LogP contribution >= 0.6 is 0 Å². The van der Waals surface area contributed by atoms with E-state index in [0.717, 1.165) is 60.9 Å². The highest BCUT2D eigenvalue weighted by molar-refractivity contribution is 6.10. The van der Waals surface area contributed by atoms with Gasteiger partial charge >= 0.3 is 0 Å². The van der Waals surface area contributed by atoms with Gasteiger partial charge in [-0.3, -0.25) is 19.7 Å². The van der Waals surface area contributed by atoms with Gasteiger partial charge in [0.15, 0.2) is 0 Å². The molecular formula is C33H21N5O. The molecule has 0 bridgehead atoms. The minimum absolute atomic E-state index is 0.115. The molecule has 0 N–H and O–H groups in total. The molecule has 0 aliphatic carbocycles. The quantitative estimate of drug-likeness (QED) is 0.259. The van der Waals surface area contributed by atoms with Crippen LogP contribution in [0.5, 0.6) is 0 Å². The summed E-state index contributed by atoms with van der Waals surface area (Å²) >= 11 is 0. The standard InChI is InChI=1S/C33H21N5O/c1-21-14-15-31(39)36(21)22-18-23(37-27-10-4-2-8-25(27)32-29(37)12-6-16-34-32)20-24(19-22)38-28-11-5-3-9-26(28)33-30(38)13-7-17-35-33/h2-20H,1H2. The van der Waals surface area contributed by atoms with Crippen molar-refractivity contribution < 1.29 is 4.79 Å². The van der Waals surface area contributed by atoms with Crippen molar-refractivity contribution in [3.63, 3.8) is 0 Å². The number of aromatic nitrogens is 4. The van der Waals surface area contributed by atoms with Gasteiger partial charge in [0, 0.05) is 34.9 Å². The lowest BCUT2D eigenvalue weighted by molar-refractivity contribution is -0.113. The summed E-state index contributed by atoms with van der Waals surface area (Å²) in [7, 11) is 0. The number of carbonyl (C=O) groups excluding carboxylic acids is 1. The first kappa shape index (κ1) is 21.6. The van der Waals surface area contributed by atoms with Gasteiger partial charge in [-0.2, -0.15) is 0 Å². The summed E-state index contributed by atoms with van der Waals surface area (Å²) in [5, 5.41) is 2.15. The molecule has 0 fully saturated rings. The number of benzene rings is 3. The summed E-state index contributed by atoms with van der Waals surface area (Å²) in [6, 6.07) is 30.9. The fourth-order valence-electron chi connectivity index (χ4n) is 5.84. The Bertz CT molecular complexity index is 1930. The van der Waals surface area contributed by atoms with Crippen molar-refractivity contribution in [2.45, 2.75) is 0 Å². The molecular weight excluding hydrogens is 482 g/mol. The fourth-order valence-corrected chi connectivity index (χ4v) is 5.84. The highest BCUT2D eigenvalue weighted by Gasteiger charge is 2.24. The van der Waals surface area contributed by atoms with Crippen molar-refractivity contribution in [1.82, 2.24) is 19.1 Å². The van der Waals surface area contributed by atoms with Gasteiger partial charge in [-0.05, 0) is 60.7 Å². The number of hydrogen-bond acceptors (Lipinski definition) is 3. The first-order valence-corrected chi connectivity index (χ1v) is 12.7. The van der Waals surface area contributed by atoms with Crippen molar-refractivity contribution in [3.8, 4) is 11.4 Å². The second-order valence-corrected chi connectivity index (χ2v) is 9.65. The van der Waals surface area contributed by atoms with E-state index in [9.17, 15) is 4.79 Å². The summed E-state index contributed by atoms with van der Waals surface area (Å²) < 4.78 is 4.43. The third kappa shape index (κ3) is 3.06. The zero-order valence-electron chi connectivity index (χ0n) is 20.8. The maximum atomic E-state index is 13.0. The molecule has 8 rings (SSSR count). The molecule has 5 heterocycles. The van der Waals surface area contributed by atoms with E-state index in [1.165, 1.54) is 0 Å². The number of para-hydroxylation sites is 2. The van der Waals surface area contributed by atoms with Gasteiger partial charge in [0.2, 0.25) is 0 Å². The van der Waals surface area contributed by atoms with Crippen molar-refractivity contribution in [3.05, 3.63) is 128 Å². The summed E-state index contributed by atoms with van der Waals surface area (Å²) in [6.07, 6.45) is 6.96. The maximum Gasteiger partial charge on any atom is 0.255 e. The monoisotopic (exact) mass is 503 g/mol. The van der Waals surface area contributed by atoms with Crippen LogP contribution in [0.2, 0.25) is 0 Å². The first-order chi connectivity index (χ1) is 19.2. The number of nitrogens with zero attached hydrogens (tertiary/aromatic N) is 5. The van der Waals surface area contributed by atoms with E-state index in [1.807, 2.05) is 60.9 Å². The Balaban J connectivity index is 1.50. The highest BCUT2D eigenvalue weighted by Crippen LogP contribution is 2.37. The van der Waals surface area contributed by atoms with Gasteiger partial charge in [0.05, 0.1) is 50.2 Å². The average molecular weight is 504 g/mol. The number of hydrogen-bond donors (Lipinski definition) is 0. The van der Waals surface area contributed by atoms with Crippen molar-refractivity contribution >= 4 is 55.5 Å². The minimum Gasteiger partial charge on any atom is -0.307 e. The molecule has 4 aromatic heterocycles. The number of rotatable bonds is 3. The molecule has 0 atom stereocenters. The summed E-state index contributed by atoms with van der Waals surface area (Å²) in [6.45, 7) is 4.13. The van der Waals surface area contributed by atoms with Crippen molar-refractivity contribution in [2.75, 3.05) is 4.90 Å². The van der Waals surface area contributed by atoms with Crippen LogP contribution in [0.4, 0.5) is 5.69 Å². The summed E-state index contributed by atoms with van der Waals surface area (Å²) in [4.78, 5) is 24.1. The largest absolute Gasteiger partial charge is 0.307 e. The first-order valence-electron chi connectivity index (χ1n) is 12.7. The molecule has 184 valence electrons. The molecule has 0 saturated carbocycles. The number of anilines is 1. The lowest BCUT2D eigenvalue weighted by Gasteiger charge is -2.21. The molecule has 6 heteroatoms. The third-order valence-corrected chi connectivity index (χ3v) is 7.44. The zero-order chi connectivity index (χ0) is 26.1. The Labute approximate surface area is 223 Å². The molecule has 1 amide bonds. The van der Waals surface area contributed by atoms with E-state index in [-0.39, 0.29) is 5.91 Å². The van der Waals surface area contributed by atoms with Crippen LogP contribution in [0.3, 0.4) is 0 Å². The number of allylic oxidation sites excluding steroid dienone is 1. The van der Waals surface area contributed by atoms with Gasteiger partial charge in [-0.15, -0.1) is 0 Å². The summed E-state index contributed by atoms with van der Waals surface area (Å²) in [5.41, 5.74) is 9.17. The topological polar surface area (TPSA) is 56.0 Å². The number of pyridine rings is 2. The summed E-state index contributed by atoms with van der Waals surface area (Å²) in [5.74, 6) is -0.115. The van der Waals surface area contributed by atoms with Crippen LogP contribution in [0, 0.1) is 0 Å². The number of amides is 1. The lowest BCUT2D eigenvalue weighted by atomic mass is 10.2. The molecule has 3 aromatic carbocycles. The van der Waals surface area contributed by atoms with Crippen LogP contribution in [-0.2, 0) is 4.79 Å². The van der Waals surface area contributed by atoms with E-state index < -0.39 is 0 Å². The second kappa shape index (κ2) is 8.00. The van der Waals surface area contributed by atoms with Gasteiger partial charge in [-0.25, -0.2) is 0 Å². The smallest absolute Gasteiger partial charge is 0.255 e. The van der Waals surface area contributed by atoms with Crippen molar-refractivity contribution in [2.24, 2.45) is 0 Å². The predicted octanol–water partition coefficient (Wildman–Crippen LogP) is 7.09. The highest BCUT2D eigenvalue weighted by atomic mass is 16.2. The molecule has 0 saturated heterocycles. The van der Waals surface area contributed by atoms with E-state index in [4.69, 9.17) is 9.97 Å². The molecule has 0 radical (unpaired) electrons. The van der Waals surface area contributed by atoms with Crippen LogP contribution in [-0.4, -0.2) is 25.0 Å². The van der Waals surface area contributed by atoms with E-state index in [0.29, 0.717) is 5.70 Å². The van der Waals surface area contributed by atoms with Gasteiger partial charge in [0.1, 0.15) is 0 Å². The van der Waals surface area contributed by atoms with Crippen molar-refractivity contribution in [1.29, 1.82) is 0 Å². The second-order valence-electron chi connectivity index (χ2n) is 9.65. The van der Waals surface area contributed by atoms with E-state index in [2.05, 4.69) is 58.2 Å². The van der Waals surface area contributed by atoms with E-state index >= 15 is 0 Å². The minimum atomic E-state index is -0.115. The lowest BCUT2D eigenvalue weighted by Crippen LogP contribution is -2.23. The third-order valence-electron chi connectivity index (χ3n) is 7.44. The Hall–Kier alpha value is -5.49. The average Bonchev–Trinajstić information content (AvgIpc) is 3.61. The fraction of sp³-hybridized carbons (Fsp3) is 0. The van der Waals surface area contributed by atoms with Crippen LogP contribution in [0.25, 0.3) is 55.2 Å². The predicted molar refractivity (Wildman–Crippen MR) is 156 cm³/mol. The SMILES string of the molecule is C=C1C=CC(=O)N1c1cc(-n2c3ccccc3c3ncccc32)cc(-n2c3ccccc3c3ncccc32)c1. The van der Waals surface area contributed by atoms with Crippen LogP contribution < -0.4 is 4.90 Å². The number of fused-ring (bicyclic) bond motifs is 6. The van der Waals surface area contributed by atoms with Gasteiger partial charge in [0.25, 0.3) is 5.91 Å². The molecule has 7 aromatic rings. The van der Waals surface area contributed by atoms with E-state index in [1.54, 1.807) is 17.1 Å². The molecule has 0 spiro atoms. The molecule has 1 aliphatic rings. The Kier molecular flexibility index (Phi) is 4.43. The van der Waals surface area contributed by atoms with Crippen LogP contribution in [0.1, 0.15) is 0 Å². The zero-order valence-corrected chi connectivity index (χ0v) is 20.8. The Morgan fingerprint density at radius 3 is 1.56 bits per heavy atom. The Morgan fingerprint density at radius 2 is 1.05 bits per heavy atom. The van der Waals surface area contributed by atoms with Gasteiger partial charge in [-0.1, -0.05) is 43.0 Å². The molecule has 39 heavy (non-hydrogen) atoms. The van der Waals surface area contributed by atoms with Crippen LogP contribution in [0.15, 0.2) is 128 Å². The number of carbonyl (C=O) groups is 1. The van der Waals surface area contributed by atoms with Gasteiger partial charge < -0.3 is 9.13 Å². The maximum absolute atomic E-state index is 13.0. The molecule has 1 aliphatic heterocycles. The normalized spacial score (nSPS) is 13.6.